The first-order valence-corrected chi connectivity index (χ1v) is 14.4. The quantitative estimate of drug-likeness (QED) is 0.264. The standard InChI is InChI=1S/C32H34N6O2/c1-20-10-11-22-23(7-2-9-26(22)37-29(39)25-18-32(25)13-5-14-32)28(20)40-30-24(8-4-16-34-30)27-12-17-35-31(38-27)36-21-6-3-15-33-19-21/h2,4,7-12,16-17,21,25,33H,3,5-6,13-15,18-19H2,1H3,(H,37,39)(H,35,36,38)/t21-,25+/m0/s1. The highest BCUT2D eigenvalue weighted by molar-refractivity contribution is 6.06. The van der Waals surface area contributed by atoms with Gasteiger partial charge >= 0.3 is 0 Å². The summed E-state index contributed by atoms with van der Waals surface area (Å²) in [6.45, 7) is 3.98. The van der Waals surface area contributed by atoms with Crippen LogP contribution in [0.2, 0.25) is 0 Å². The Kier molecular flexibility index (Phi) is 6.35. The van der Waals surface area contributed by atoms with Crippen LogP contribution in [-0.2, 0) is 4.79 Å². The normalized spacial score (nSPS) is 21.0. The molecular formula is C32H34N6O2. The van der Waals surface area contributed by atoms with Gasteiger partial charge in [-0.2, -0.15) is 0 Å². The van der Waals surface area contributed by atoms with E-state index < -0.39 is 0 Å². The third-order valence-electron chi connectivity index (χ3n) is 8.85. The van der Waals surface area contributed by atoms with E-state index in [2.05, 4.69) is 32.0 Å². The van der Waals surface area contributed by atoms with Gasteiger partial charge in [-0.05, 0) is 80.8 Å². The second kappa shape index (κ2) is 10.2. The number of nitrogens with one attached hydrogen (secondary N) is 3. The molecule has 0 bridgehead atoms. The molecule has 7 rings (SSSR count). The van der Waals surface area contributed by atoms with E-state index in [0.717, 1.165) is 71.4 Å². The van der Waals surface area contributed by atoms with Crippen molar-refractivity contribution in [1.29, 1.82) is 0 Å². The predicted octanol–water partition coefficient (Wildman–Crippen LogP) is 6.09. The number of fused-ring (bicyclic) bond motifs is 1. The lowest BCUT2D eigenvalue weighted by molar-refractivity contribution is -0.118. The Bertz CT molecular complexity index is 1580. The van der Waals surface area contributed by atoms with Gasteiger partial charge < -0.3 is 20.7 Å². The summed E-state index contributed by atoms with van der Waals surface area (Å²) in [4.78, 5) is 26.9. The molecule has 3 heterocycles. The lowest BCUT2D eigenvalue weighted by atomic mass is 9.79. The molecule has 1 saturated heterocycles. The van der Waals surface area contributed by atoms with Crippen LogP contribution in [0.5, 0.6) is 11.6 Å². The van der Waals surface area contributed by atoms with Crippen molar-refractivity contribution in [2.24, 2.45) is 11.3 Å². The van der Waals surface area contributed by atoms with E-state index in [0.29, 0.717) is 23.3 Å². The number of nitrogens with zero attached hydrogens (tertiary/aromatic N) is 3. The number of anilines is 2. The van der Waals surface area contributed by atoms with E-state index in [1.54, 1.807) is 12.4 Å². The number of piperidine rings is 1. The zero-order valence-electron chi connectivity index (χ0n) is 22.7. The minimum absolute atomic E-state index is 0.138. The Labute approximate surface area is 234 Å². The van der Waals surface area contributed by atoms with Crippen LogP contribution in [0.25, 0.3) is 22.0 Å². The summed E-state index contributed by atoms with van der Waals surface area (Å²) in [5.41, 5.74) is 3.62. The molecule has 8 nitrogen and oxygen atoms in total. The Morgan fingerprint density at radius 2 is 1.95 bits per heavy atom. The number of amides is 1. The summed E-state index contributed by atoms with van der Waals surface area (Å²) in [5.74, 6) is 2.08. The van der Waals surface area contributed by atoms with Gasteiger partial charge in [0.25, 0.3) is 0 Å². The first-order valence-electron chi connectivity index (χ1n) is 14.4. The minimum Gasteiger partial charge on any atom is -0.437 e. The maximum Gasteiger partial charge on any atom is 0.228 e. The summed E-state index contributed by atoms with van der Waals surface area (Å²) < 4.78 is 6.56. The molecular weight excluding hydrogens is 500 g/mol. The van der Waals surface area contributed by atoms with Crippen molar-refractivity contribution >= 4 is 28.3 Å². The molecule has 4 aromatic rings. The average molecular weight is 535 g/mol. The van der Waals surface area contributed by atoms with E-state index >= 15 is 0 Å². The number of ether oxygens (including phenoxy) is 1. The summed E-state index contributed by atoms with van der Waals surface area (Å²) in [6, 6.07) is 16.1. The maximum atomic E-state index is 13.1. The first-order chi connectivity index (χ1) is 19.6. The fourth-order valence-electron chi connectivity index (χ4n) is 6.31. The Balaban J connectivity index is 1.17. The van der Waals surface area contributed by atoms with Crippen LogP contribution in [0.1, 0.15) is 44.1 Å². The molecule has 2 saturated carbocycles. The second-order valence-corrected chi connectivity index (χ2v) is 11.5. The van der Waals surface area contributed by atoms with Gasteiger partial charge in [0.2, 0.25) is 17.7 Å². The largest absolute Gasteiger partial charge is 0.437 e. The topological polar surface area (TPSA) is 101 Å². The number of benzene rings is 2. The zero-order valence-corrected chi connectivity index (χ0v) is 22.7. The molecule has 2 aliphatic carbocycles. The Morgan fingerprint density at radius 1 is 1.02 bits per heavy atom. The van der Waals surface area contributed by atoms with Gasteiger partial charge in [0.15, 0.2) is 0 Å². The van der Waals surface area contributed by atoms with Crippen molar-refractivity contribution in [3.63, 3.8) is 0 Å². The Morgan fingerprint density at radius 3 is 2.75 bits per heavy atom. The fraction of sp³-hybridized carbons (Fsp3) is 0.375. The molecule has 0 radical (unpaired) electrons. The second-order valence-electron chi connectivity index (χ2n) is 11.5. The smallest absolute Gasteiger partial charge is 0.228 e. The first kappa shape index (κ1) is 25.0. The average Bonchev–Trinajstić information content (AvgIpc) is 3.73. The van der Waals surface area contributed by atoms with Gasteiger partial charge in [-0.15, -0.1) is 0 Å². The molecule has 40 heavy (non-hydrogen) atoms. The van der Waals surface area contributed by atoms with Crippen molar-refractivity contribution in [2.45, 2.75) is 51.5 Å². The lowest BCUT2D eigenvalue weighted by Crippen LogP contribution is -2.38. The molecule has 3 N–H and O–H groups in total. The molecule has 2 atom stereocenters. The SMILES string of the molecule is Cc1ccc2c(NC(=O)[C@H]3CC34CCC4)cccc2c1Oc1ncccc1-c1ccnc(N[C@H]2CCCNC2)n1. The van der Waals surface area contributed by atoms with Crippen LogP contribution >= 0.6 is 0 Å². The number of aromatic nitrogens is 3. The van der Waals surface area contributed by atoms with Crippen molar-refractivity contribution in [1.82, 2.24) is 20.3 Å². The molecule has 1 spiro atoms. The van der Waals surface area contributed by atoms with E-state index in [4.69, 9.17) is 9.72 Å². The number of pyridine rings is 1. The van der Waals surface area contributed by atoms with E-state index in [-0.39, 0.29) is 11.8 Å². The minimum atomic E-state index is 0.138. The number of hydrogen-bond acceptors (Lipinski definition) is 7. The van der Waals surface area contributed by atoms with Gasteiger partial charge in [-0.3, -0.25) is 4.79 Å². The highest BCUT2D eigenvalue weighted by atomic mass is 16.5. The summed E-state index contributed by atoms with van der Waals surface area (Å²) in [7, 11) is 0. The summed E-state index contributed by atoms with van der Waals surface area (Å²) in [5, 5.41) is 12.0. The number of carbonyl (C=O) groups is 1. The van der Waals surface area contributed by atoms with Crippen molar-refractivity contribution in [2.75, 3.05) is 23.7 Å². The predicted molar refractivity (Wildman–Crippen MR) is 157 cm³/mol. The molecule has 3 fully saturated rings. The number of aryl methyl sites for hydroxylation is 1. The maximum absolute atomic E-state index is 13.1. The van der Waals surface area contributed by atoms with Gasteiger partial charge in [0.1, 0.15) is 5.75 Å². The van der Waals surface area contributed by atoms with Crippen molar-refractivity contribution in [3.05, 3.63) is 66.5 Å². The Hall–Kier alpha value is -4.04. The highest BCUT2D eigenvalue weighted by Crippen LogP contribution is 2.65. The summed E-state index contributed by atoms with van der Waals surface area (Å²) in [6.07, 6.45) is 10.4. The molecule has 2 aromatic carbocycles. The van der Waals surface area contributed by atoms with Crippen LogP contribution in [0.4, 0.5) is 11.6 Å². The van der Waals surface area contributed by atoms with Gasteiger partial charge in [-0.25, -0.2) is 15.0 Å². The molecule has 0 unspecified atom stereocenters. The number of carbonyl (C=O) groups excluding carboxylic acids is 1. The van der Waals surface area contributed by atoms with Crippen LogP contribution < -0.4 is 20.7 Å². The third kappa shape index (κ3) is 4.66. The molecule has 3 aliphatic rings. The molecule has 1 amide bonds. The fourth-order valence-corrected chi connectivity index (χ4v) is 6.31. The number of hydrogen-bond donors (Lipinski definition) is 3. The summed E-state index contributed by atoms with van der Waals surface area (Å²) >= 11 is 0. The van der Waals surface area contributed by atoms with E-state index in [9.17, 15) is 4.79 Å². The van der Waals surface area contributed by atoms with Crippen LogP contribution in [-0.4, -0.2) is 40.0 Å². The van der Waals surface area contributed by atoms with Gasteiger partial charge in [0.05, 0.1) is 11.3 Å². The molecule has 1 aliphatic heterocycles. The van der Waals surface area contributed by atoms with E-state index in [1.807, 2.05) is 49.4 Å². The van der Waals surface area contributed by atoms with E-state index in [1.165, 1.54) is 19.3 Å². The number of rotatable bonds is 7. The van der Waals surface area contributed by atoms with Crippen LogP contribution in [0.3, 0.4) is 0 Å². The van der Waals surface area contributed by atoms with Crippen LogP contribution in [0, 0.1) is 18.3 Å². The van der Waals surface area contributed by atoms with Crippen molar-refractivity contribution < 1.29 is 9.53 Å². The molecule has 8 heteroatoms. The lowest BCUT2D eigenvalue weighted by Gasteiger charge is -2.26. The monoisotopic (exact) mass is 534 g/mol. The molecule has 2 aromatic heterocycles. The zero-order chi connectivity index (χ0) is 27.1. The van der Waals surface area contributed by atoms with Gasteiger partial charge in [-0.1, -0.05) is 30.7 Å². The van der Waals surface area contributed by atoms with Crippen molar-refractivity contribution in [3.8, 4) is 22.9 Å². The molecule has 204 valence electrons. The third-order valence-corrected chi connectivity index (χ3v) is 8.85. The highest BCUT2D eigenvalue weighted by Gasteiger charge is 2.60. The van der Waals surface area contributed by atoms with Crippen LogP contribution in [0.15, 0.2) is 60.9 Å². The van der Waals surface area contributed by atoms with Gasteiger partial charge in [0, 0.05) is 47.4 Å².